The lowest BCUT2D eigenvalue weighted by Crippen LogP contribution is -2.28. The van der Waals surface area contributed by atoms with Gasteiger partial charge in [0.15, 0.2) is 0 Å². The summed E-state index contributed by atoms with van der Waals surface area (Å²) in [6.07, 6.45) is 7.70. The highest BCUT2D eigenvalue weighted by Gasteiger charge is 2.25. The van der Waals surface area contributed by atoms with Crippen molar-refractivity contribution < 1.29 is 9.53 Å². The third-order valence-corrected chi connectivity index (χ3v) is 8.40. The first kappa shape index (κ1) is 29.9. The average Bonchev–Trinajstić information content (AvgIpc) is 3.25. The molecule has 4 aromatic rings. The highest BCUT2D eigenvalue weighted by Crippen LogP contribution is 2.40. The number of carbonyl (C=O) groups is 1. The van der Waals surface area contributed by atoms with E-state index in [2.05, 4.69) is 50.6 Å². The lowest BCUT2D eigenvalue weighted by molar-refractivity contribution is 0.103. The second kappa shape index (κ2) is 14.5. The van der Waals surface area contributed by atoms with Gasteiger partial charge in [-0.3, -0.25) is 4.79 Å². The van der Waals surface area contributed by atoms with Crippen molar-refractivity contribution in [2.75, 3.05) is 26.2 Å². The van der Waals surface area contributed by atoms with Gasteiger partial charge in [-0.2, -0.15) is 0 Å². The molecule has 0 aliphatic carbocycles. The summed E-state index contributed by atoms with van der Waals surface area (Å²) in [6.45, 7) is 8.39. The van der Waals surface area contributed by atoms with Gasteiger partial charge in [0.05, 0.1) is 26.1 Å². The lowest BCUT2D eigenvalue weighted by Gasteiger charge is -2.22. The number of benzene rings is 2. The summed E-state index contributed by atoms with van der Waals surface area (Å²) in [5, 5.41) is 0.565. The number of hydrogen-bond donors (Lipinski definition) is 0. The largest absolute Gasteiger partial charge is 0.491 e. The fourth-order valence-corrected chi connectivity index (χ4v) is 6.56. The molecule has 0 bridgehead atoms. The standard InChI is InChI=1S/C32H35Br2ClN2O2/c1-3-5-16-36(17-6-4-2)18-12-20-39-32-25(33)21-24(22-26(32)34)31(38)30-28(23-13-8-7-9-14-23)29(35)27-15-10-11-19-37(27)30/h7-11,13-15,19,21-22H,3-6,12,16-18,20H2,1-2H3. The smallest absolute Gasteiger partial charge is 0.210 e. The highest BCUT2D eigenvalue weighted by atomic mass is 79.9. The first-order valence-corrected chi connectivity index (χ1v) is 15.7. The molecule has 0 saturated carbocycles. The van der Waals surface area contributed by atoms with E-state index in [1.807, 2.05) is 71.3 Å². The van der Waals surface area contributed by atoms with E-state index in [4.69, 9.17) is 16.3 Å². The summed E-state index contributed by atoms with van der Waals surface area (Å²) in [7, 11) is 0. The van der Waals surface area contributed by atoms with Crippen LogP contribution in [0.3, 0.4) is 0 Å². The SMILES string of the molecule is CCCCN(CCCC)CCCOc1c(Br)cc(C(=O)c2c(-c3ccccc3)c(Cl)c3ccccn23)cc1Br. The average molecular weight is 675 g/mol. The molecule has 0 saturated heterocycles. The molecule has 2 aromatic heterocycles. The van der Waals surface area contributed by atoms with Crippen LogP contribution in [0.5, 0.6) is 5.75 Å². The summed E-state index contributed by atoms with van der Waals surface area (Å²) in [6, 6.07) is 19.3. The van der Waals surface area contributed by atoms with Crippen molar-refractivity contribution in [3.63, 3.8) is 0 Å². The number of rotatable bonds is 14. The van der Waals surface area contributed by atoms with Crippen LogP contribution >= 0.6 is 43.5 Å². The fourth-order valence-electron chi connectivity index (χ4n) is 4.79. The minimum absolute atomic E-state index is 0.114. The van der Waals surface area contributed by atoms with E-state index in [9.17, 15) is 4.79 Å². The lowest BCUT2D eigenvalue weighted by atomic mass is 10.00. The molecule has 7 heteroatoms. The molecule has 2 aromatic carbocycles. The van der Waals surface area contributed by atoms with E-state index in [-0.39, 0.29) is 5.78 Å². The maximum atomic E-state index is 14.0. The molecule has 4 nitrogen and oxygen atoms in total. The number of nitrogens with zero attached hydrogens (tertiary/aromatic N) is 2. The van der Waals surface area contributed by atoms with Crippen LogP contribution in [0.1, 0.15) is 62.0 Å². The van der Waals surface area contributed by atoms with Crippen LogP contribution in [0.4, 0.5) is 0 Å². The molecular formula is C32H35Br2ClN2O2. The molecule has 39 heavy (non-hydrogen) atoms. The van der Waals surface area contributed by atoms with E-state index >= 15 is 0 Å². The van der Waals surface area contributed by atoms with Gasteiger partial charge in [-0.1, -0.05) is 74.7 Å². The number of carbonyl (C=O) groups excluding carboxylic acids is 1. The van der Waals surface area contributed by atoms with E-state index in [1.165, 1.54) is 25.7 Å². The molecule has 0 aliphatic rings. The van der Waals surface area contributed by atoms with E-state index in [1.54, 1.807) is 0 Å². The third kappa shape index (κ3) is 7.15. The van der Waals surface area contributed by atoms with E-state index < -0.39 is 0 Å². The quantitative estimate of drug-likeness (QED) is 0.0987. The number of halogens is 3. The molecule has 4 rings (SSSR count). The van der Waals surface area contributed by atoms with Crippen molar-refractivity contribution in [1.82, 2.24) is 9.30 Å². The van der Waals surface area contributed by atoms with Crippen LogP contribution in [0.2, 0.25) is 5.02 Å². The van der Waals surface area contributed by atoms with Crippen molar-refractivity contribution in [3.8, 4) is 16.9 Å². The topological polar surface area (TPSA) is 34.0 Å². The van der Waals surface area contributed by atoms with E-state index in [0.29, 0.717) is 28.6 Å². The number of ketones is 1. The molecule has 0 N–H and O–H groups in total. The highest BCUT2D eigenvalue weighted by molar-refractivity contribution is 9.11. The first-order valence-electron chi connectivity index (χ1n) is 13.7. The Bertz CT molecular complexity index is 1370. The Morgan fingerprint density at radius 2 is 1.51 bits per heavy atom. The number of ether oxygens (including phenoxy) is 1. The number of aromatic nitrogens is 1. The number of pyridine rings is 1. The van der Waals surface area contributed by atoms with E-state index in [0.717, 1.165) is 51.6 Å². The molecule has 0 atom stereocenters. The van der Waals surface area contributed by atoms with Crippen LogP contribution in [0, 0.1) is 0 Å². The summed E-state index contributed by atoms with van der Waals surface area (Å²) < 4.78 is 9.53. The Labute approximate surface area is 253 Å². The summed E-state index contributed by atoms with van der Waals surface area (Å²) in [5.74, 6) is 0.596. The van der Waals surface area contributed by atoms with Gasteiger partial charge in [-0.05, 0) is 94.0 Å². The summed E-state index contributed by atoms with van der Waals surface area (Å²) >= 11 is 14.2. The normalized spacial score (nSPS) is 11.4. The summed E-state index contributed by atoms with van der Waals surface area (Å²) in [5.41, 5.74) is 3.51. The first-order chi connectivity index (χ1) is 19.0. The molecule has 0 spiro atoms. The maximum Gasteiger partial charge on any atom is 0.210 e. The van der Waals surface area contributed by atoms with Gasteiger partial charge in [0, 0.05) is 23.9 Å². The van der Waals surface area contributed by atoms with Crippen molar-refractivity contribution in [2.45, 2.75) is 46.0 Å². The van der Waals surface area contributed by atoms with Gasteiger partial charge in [0.2, 0.25) is 5.78 Å². The molecular weight excluding hydrogens is 640 g/mol. The molecule has 0 radical (unpaired) electrons. The number of hydrogen-bond acceptors (Lipinski definition) is 3. The second-order valence-electron chi connectivity index (χ2n) is 9.71. The van der Waals surface area contributed by atoms with Gasteiger partial charge in [-0.15, -0.1) is 0 Å². The van der Waals surface area contributed by atoms with Gasteiger partial charge in [0.25, 0.3) is 0 Å². The maximum absolute atomic E-state index is 14.0. The Morgan fingerprint density at radius 1 is 0.897 bits per heavy atom. The van der Waals surface area contributed by atoms with Crippen LogP contribution in [0.15, 0.2) is 75.8 Å². The van der Waals surface area contributed by atoms with Crippen LogP contribution < -0.4 is 4.74 Å². The Kier molecular flexibility index (Phi) is 11.1. The van der Waals surface area contributed by atoms with Gasteiger partial charge in [0.1, 0.15) is 11.4 Å². The molecule has 0 aliphatic heterocycles. The van der Waals surface area contributed by atoms with Crippen LogP contribution in [-0.4, -0.2) is 41.3 Å². The predicted octanol–water partition coefficient (Wildman–Crippen LogP) is 9.69. The zero-order valence-electron chi connectivity index (χ0n) is 22.6. The second-order valence-corrected chi connectivity index (χ2v) is 11.8. The monoisotopic (exact) mass is 672 g/mol. The van der Waals surface area contributed by atoms with Gasteiger partial charge < -0.3 is 14.0 Å². The Hall–Kier alpha value is -2.12. The Balaban J connectivity index is 1.55. The predicted molar refractivity (Wildman–Crippen MR) is 169 cm³/mol. The number of fused-ring (bicyclic) bond motifs is 1. The van der Waals surface area contributed by atoms with Crippen molar-refractivity contribution in [1.29, 1.82) is 0 Å². The van der Waals surface area contributed by atoms with Gasteiger partial charge >= 0.3 is 0 Å². The minimum atomic E-state index is -0.114. The fraction of sp³-hybridized carbons (Fsp3) is 0.344. The van der Waals surface area contributed by atoms with Crippen molar-refractivity contribution >= 4 is 54.8 Å². The third-order valence-electron chi connectivity index (χ3n) is 6.84. The zero-order chi connectivity index (χ0) is 27.8. The number of unbranched alkanes of at least 4 members (excludes halogenated alkanes) is 2. The molecule has 0 fully saturated rings. The Morgan fingerprint density at radius 3 is 2.15 bits per heavy atom. The molecule has 206 valence electrons. The van der Waals surface area contributed by atoms with Crippen molar-refractivity contribution in [2.24, 2.45) is 0 Å². The molecule has 2 heterocycles. The molecule has 0 unspecified atom stereocenters. The summed E-state index contributed by atoms with van der Waals surface area (Å²) in [4.78, 5) is 16.6. The van der Waals surface area contributed by atoms with Crippen LogP contribution in [-0.2, 0) is 0 Å². The van der Waals surface area contributed by atoms with Gasteiger partial charge in [-0.25, -0.2) is 0 Å². The zero-order valence-corrected chi connectivity index (χ0v) is 26.5. The minimum Gasteiger partial charge on any atom is -0.491 e. The van der Waals surface area contributed by atoms with Crippen molar-refractivity contribution in [3.05, 3.63) is 92.1 Å². The van der Waals surface area contributed by atoms with Crippen LogP contribution in [0.25, 0.3) is 16.6 Å². The molecule has 0 amide bonds.